The van der Waals surface area contributed by atoms with E-state index in [1.54, 1.807) is 0 Å². The van der Waals surface area contributed by atoms with Crippen LogP contribution in [0.3, 0.4) is 0 Å². The zero-order valence-corrected chi connectivity index (χ0v) is 9.89. The standard InChI is InChI=1S/C12H23NO/c1-5-12(2,3)11(13-4)10-7-6-8-14-9-10/h9,11,13H,5-8H2,1-4H3. The fraction of sp³-hybridized carbons (Fsp3) is 0.833. The van der Waals surface area contributed by atoms with Gasteiger partial charge < -0.3 is 10.1 Å². The second kappa shape index (κ2) is 4.83. The summed E-state index contributed by atoms with van der Waals surface area (Å²) in [6, 6.07) is 0.452. The minimum Gasteiger partial charge on any atom is -0.501 e. The topological polar surface area (TPSA) is 21.3 Å². The van der Waals surface area contributed by atoms with E-state index < -0.39 is 0 Å². The first-order valence-corrected chi connectivity index (χ1v) is 5.59. The first kappa shape index (κ1) is 11.6. The van der Waals surface area contributed by atoms with E-state index in [1.165, 1.54) is 18.4 Å². The molecule has 1 heterocycles. The highest BCUT2D eigenvalue weighted by molar-refractivity contribution is 5.13. The summed E-state index contributed by atoms with van der Waals surface area (Å²) in [7, 11) is 2.04. The maximum atomic E-state index is 5.40. The number of ether oxygens (including phenoxy) is 1. The van der Waals surface area contributed by atoms with Gasteiger partial charge in [-0.3, -0.25) is 0 Å². The van der Waals surface area contributed by atoms with Gasteiger partial charge in [0.05, 0.1) is 12.9 Å². The van der Waals surface area contributed by atoms with Crippen LogP contribution in [0.25, 0.3) is 0 Å². The highest BCUT2D eigenvalue weighted by Crippen LogP contribution is 2.32. The van der Waals surface area contributed by atoms with E-state index in [2.05, 4.69) is 26.1 Å². The molecular formula is C12H23NO. The third-order valence-electron chi connectivity index (χ3n) is 3.31. The summed E-state index contributed by atoms with van der Waals surface area (Å²) < 4.78 is 5.40. The number of rotatable bonds is 4. The van der Waals surface area contributed by atoms with Crippen LogP contribution < -0.4 is 5.32 Å². The molecule has 82 valence electrons. The molecule has 0 fully saturated rings. The Labute approximate surface area is 87.7 Å². The third kappa shape index (κ3) is 2.50. The van der Waals surface area contributed by atoms with E-state index >= 15 is 0 Å². The van der Waals surface area contributed by atoms with Crippen molar-refractivity contribution in [2.45, 2.75) is 46.1 Å². The molecule has 0 amide bonds. The van der Waals surface area contributed by atoms with Gasteiger partial charge in [-0.15, -0.1) is 0 Å². The predicted octanol–water partition coefficient (Wildman–Crippen LogP) is 2.70. The lowest BCUT2D eigenvalue weighted by Crippen LogP contribution is -2.41. The van der Waals surface area contributed by atoms with Crippen LogP contribution in [0.1, 0.15) is 40.0 Å². The maximum Gasteiger partial charge on any atom is 0.0876 e. The van der Waals surface area contributed by atoms with Crippen molar-refractivity contribution >= 4 is 0 Å². The number of nitrogens with one attached hydrogen (secondary N) is 1. The van der Waals surface area contributed by atoms with Crippen LogP contribution in [0.15, 0.2) is 11.8 Å². The van der Waals surface area contributed by atoms with E-state index in [1.807, 2.05) is 13.3 Å². The molecule has 0 saturated carbocycles. The van der Waals surface area contributed by atoms with E-state index in [4.69, 9.17) is 4.74 Å². The molecular weight excluding hydrogens is 174 g/mol. The van der Waals surface area contributed by atoms with E-state index in [9.17, 15) is 0 Å². The van der Waals surface area contributed by atoms with Crippen molar-refractivity contribution in [3.63, 3.8) is 0 Å². The Morgan fingerprint density at radius 1 is 1.57 bits per heavy atom. The third-order valence-corrected chi connectivity index (χ3v) is 3.31. The molecule has 0 radical (unpaired) electrons. The van der Waals surface area contributed by atoms with Crippen molar-refractivity contribution in [2.24, 2.45) is 5.41 Å². The average molecular weight is 197 g/mol. The average Bonchev–Trinajstić information content (AvgIpc) is 2.20. The molecule has 1 aliphatic rings. The van der Waals surface area contributed by atoms with Crippen molar-refractivity contribution in [2.75, 3.05) is 13.7 Å². The molecule has 0 aliphatic carbocycles. The van der Waals surface area contributed by atoms with Crippen LogP contribution in [-0.4, -0.2) is 19.7 Å². The van der Waals surface area contributed by atoms with Gasteiger partial charge in [0.25, 0.3) is 0 Å². The lowest BCUT2D eigenvalue weighted by molar-refractivity contribution is 0.198. The molecule has 2 nitrogen and oxygen atoms in total. The van der Waals surface area contributed by atoms with Crippen LogP contribution in [0, 0.1) is 5.41 Å². The van der Waals surface area contributed by atoms with Gasteiger partial charge in [0.1, 0.15) is 0 Å². The molecule has 2 heteroatoms. The quantitative estimate of drug-likeness (QED) is 0.748. The summed E-state index contributed by atoms with van der Waals surface area (Å²) in [5.41, 5.74) is 1.73. The molecule has 0 aromatic carbocycles. The molecule has 0 bridgehead atoms. The maximum absolute atomic E-state index is 5.40. The Morgan fingerprint density at radius 2 is 2.29 bits per heavy atom. The smallest absolute Gasteiger partial charge is 0.0876 e. The predicted molar refractivity (Wildman–Crippen MR) is 60.2 cm³/mol. The summed E-state index contributed by atoms with van der Waals surface area (Å²) in [4.78, 5) is 0. The molecule has 0 aromatic heterocycles. The van der Waals surface area contributed by atoms with Crippen LogP contribution in [0.4, 0.5) is 0 Å². The monoisotopic (exact) mass is 197 g/mol. The first-order valence-electron chi connectivity index (χ1n) is 5.59. The molecule has 0 spiro atoms. The zero-order valence-electron chi connectivity index (χ0n) is 9.89. The van der Waals surface area contributed by atoms with Crippen molar-refractivity contribution in [1.29, 1.82) is 0 Å². The van der Waals surface area contributed by atoms with Gasteiger partial charge in [-0.05, 0) is 37.3 Å². The van der Waals surface area contributed by atoms with Crippen molar-refractivity contribution in [1.82, 2.24) is 5.32 Å². The molecule has 1 rings (SSSR count). The molecule has 1 unspecified atom stereocenters. The van der Waals surface area contributed by atoms with Crippen molar-refractivity contribution < 1.29 is 4.74 Å². The van der Waals surface area contributed by atoms with Gasteiger partial charge in [-0.25, -0.2) is 0 Å². The lowest BCUT2D eigenvalue weighted by atomic mass is 9.77. The molecule has 1 atom stereocenters. The molecule has 14 heavy (non-hydrogen) atoms. The Morgan fingerprint density at radius 3 is 2.71 bits per heavy atom. The highest BCUT2D eigenvalue weighted by atomic mass is 16.5. The molecule has 1 aliphatic heterocycles. The Balaban J connectivity index is 2.74. The number of hydrogen-bond acceptors (Lipinski definition) is 2. The number of likely N-dealkylation sites (N-methyl/N-ethyl adjacent to an activating group) is 1. The highest BCUT2D eigenvalue weighted by Gasteiger charge is 2.30. The number of hydrogen-bond donors (Lipinski definition) is 1. The van der Waals surface area contributed by atoms with Gasteiger partial charge >= 0.3 is 0 Å². The van der Waals surface area contributed by atoms with Crippen molar-refractivity contribution in [3.8, 4) is 0 Å². The van der Waals surface area contributed by atoms with E-state index in [0.717, 1.165) is 13.0 Å². The fourth-order valence-corrected chi connectivity index (χ4v) is 2.08. The van der Waals surface area contributed by atoms with Crippen LogP contribution in [-0.2, 0) is 4.74 Å². The Kier molecular flexibility index (Phi) is 3.99. The second-order valence-electron chi connectivity index (χ2n) is 4.73. The normalized spacial score (nSPS) is 19.9. The molecule has 0 aromatic rings. The summed E-state index contributed by atoms with van der Waals surface area (Å²) in [6.45, 7) is 7.74. The van der Waals surface area contributed by atoms with Crippen LogP contribution in [0.5, 0.6) is 0 Å². The van der Waals surface area contributed by atoms with Gasteiger partial charge in [0.15, 0.2) is 0 Å². The van der Waals surface area contributed by atoms with E-state index in [0.29, 0.717) is 11.5 Å². The SMILES string of the molecule is CCC(C)(C)C(NC)C1=COCCC1. The fourth-order valence-electron chi connectivity index (χ4n) is 2.08. The van der Waals surface area contributed by atoms with Crippen LogP contribution >= 0.6 is 0 Å². The van der Waals surface area contributed by atoms with E-state index in [-0.39, 0.29) is 0 Å². The van der Waals surface area contributed by atoms with Gasteiger partial charge in [-0.1, -0.05) is 20.8 Å². The zero-order chi connectivity index (χ0) is 10.6. The summed E-state index contributed by atoms with van der Waals surface area (Å²) >= 11 is 0. The lowest BCUT2D eigenvalue weighted by Gasteiger charge is -2.36. The summed E-state index contributed by atoms with van der Waals surface area (Å²) in [5.74, 6) is 0. The van der Waals surface area contributed by atoms with Gasteiger partial charge in [-0.2, -0.15) is 0 Å². The van der Waals surface area contributed by atoms with Crippen LogP contribution in [0.2, 0.25) is 0 Å². The Hall–Kier alpha value is -0.500. The molecule has 1 N–H and O–H groups in total. The Bertz CT molecular complexity index is 208. The second-order valence-corrected chi connectivity index (χ2v) is 4.73. The minimum absolute atomic E-state index is 0.307. The summed E-state index contributed by atoms with van der Waals surface area (Å²) in [6.07, 6.45) is 5.47. The largest absolute Gasteiger partial charge is 0.501 e. The summed E-state index contributed by atoms with van der Waals surface area (Å²) in [5, 5.41) is 3.41. The first-order chi connectivity index (χ1) is 6.61. The molecule has 0 saturated heterocycles. The minimum atomic E-state index is 0.307. The van der Waals surface area contributed by atoms with Gasteiger partial charge in [0, 0.05) is 6.04 Å². The van der Waals surface area contributed by atoms with Crippen molar-refractivity contribution in [3.05, 3.63) is 11.8 Å². The van der Waals surface area contributed by atoms with Gasteiger partial charge in [0.2, 0.25) is 0 Å².